The molecule has 1 N–H and O–H groups in total. The fraction of sp³-hybridized carbons (Fsp3) is 0.353. The Morgan fingerprint density at radius 3 is 2.71 bits per heavy atom. The zero-order valence-corrected chi connectivity index (χ0v) is 12.9. The smallest absolute Gasteiger partial charge is 0.416 e. The largest absolute Gasteiger partial charge is 0.469 e. The van der Waals surface area contributed by atoms with E-state index in [4.69, 9.17) is 4.42 Å². The van der Waals surface area contributed by atoms with Crippen LogP contribution in [0.15, 0.2) is 41.0 Å². The molecule has 3 rings (SSSR count). The molecule has 1 amide bonds. The molecular formula is C17H16F3NO3. The maximum Gasteiger partial charge on any atom is 0.416 e. The number of β-amino-alcohol motifs (C(OH)–C–C–N with tert-alkyl or cyclic N) is 1. The third kappa shape index (κ3) is 3.03. The highest BCUT2D eigenvalue weighted by Crippen LogP contribution is 2.37. The van der Waals surface area contributed by atoms with E-state index in [1.807, 2.05) is 0 Å². The molecule has 128 valence electrons. The van der Waals surface area contributed by atoms with Gasteiger partial charge in [-0.05, 0) is 37.1 Å². The number of alkyl halides is 3. The zero-order valence-electron chi connectivity index (χ0n) is 12.9. The Kier molecular flexibility index (Phi) is 4.13. The van der Waals surface area contributed by atoms with E-state index in [-0.39, 0.29) is 18.9 Å². The van der Waals surface area contributed by atoms with Crippen molar-refractivity contribution in [3.05, 3.63) is 59.0 Å². The lowest BCUT2D eigenvalue weighted by atomic mass is 10.0. The number of rotatable bonds is 2. The van der Waals surface area contributed by atoms with Crippen LogP contribution in [0.5, 0.6) is 0 Å². The van der Waals surface area contributed by atoms with Gasteiger partial charge in [0.15, 0.2) is 0 Å². The van der Waals surface area contributed by atoms with Crippen LogP contribution in [0.1, 0.15) is 39.7 Å². The normalized spacial score (nSPS) is 21.3. The van der Waals surface area contributed by atoms with E-state index in [9.17, 15) is 23.1 Å². The molecule has 4 nitrogen and oxygen atoms in total. The van der Waals surface area contributed by atoms with Gasteiger partial charge in [-0.25, -0.2) is 0 Å². The zero-order chi connectivity index (χ0) is 17.5. The first-order valence-corrected chi connectivity index (χ1v) is 7.47. The van der Waals surface area contributed by atoms with Crippen molar-refractivity contribution in [2.24, 2.45) is 0 Å². The lowest BCUT2D eigenvalue weighted by molar-refractivity contribution is -0.137. The number of amides is 1. The van der Waals surface area contributed by atoms with Crippen LogP contribution in [-0.2, 0) is 6.18 Å². The summed E-state index contributed by atoms with van der Waals surface area (Å²) in [6, 6.07) is 5.79. The van der Waals surface area contributed by atoms with Crippen LogP contribution in [-0.4, -0.2) is 28.6 Å². The number of benzene rings is 1. The molecule has 0 spiro atoms. The van der Waals surface area contributed by atoms with Gasteiger partial charge in [-0.15, -0.1) is 0 Å². The van der Waals surface area contributed by atoms with Crippen molar-refractivity contribution in [3.8, 4) is 0 Å². The molecule has 1 aromatic heterocycles. The number of hydrogen-bond donors (Lipinski definition) is 1. The summed E-state index contributed by atoms with van der Waals surface area (Å²) in [6.07, 6.45) is -3.65. The lowest BCUT2D eigenvalue weighted by Gasteiger charge is -2.25. The highest BCUT2D eigenvalue weighted by atomic mass is 19.4. The van der Waals surface area contributed by atoms with Gasteiger partial charge in [0, 0.05) is 6.54 Å². The quantitative estimate of drug-likeness (QED) is 0.910. The molecule has 0 bridgehead atoms. The van der Waals surface area contributed by atoms with Crippen LogP contribution in [0.2, 0.25) is 0 Å². The number of carbonyl (C=O) groups is 1. The summed E-state index contributed by atoms with van der Waals surface area (Å²) in [6.45, 7) is 1.71. The van der Waals surface area contributed by atoms with Crippen LogP contribution in [0.4, 0.5) is 13.2 Å². The van der Waals surface area contributed by atoms with E-state index in [1.54, 1.807) is 13.0 Å². The second kappa shape index (κ2) is 5.98. The van der Waals surface area contributed by atoms with Crippen LogP contribution < -0.4 is 0 Å². The number of likely N-dealkylation sites (tertiary alicyclic amines) is 1. The van der Waals surface area contributed by atoms with Crippen molar-refractivity contribution in [2.45, 2.75) is 31.7 Å². The highest BCUT2D eigenvalue weighted by Gasteiger charge is 2.38. The van der Waals surface area contributed by atoms with Gasteiger partial charge in [0.05, 0.1) is 29.5 Å². The van der Waals surface area contributed by atoms with Crippen molar-refractivity contribution in [2.75, 3.05) is 6.54 Å². The minimum Gasteiger partial charge on any atom is -0.469 e. The molecule has 1 aromatic carbocycles. The summed E-state index contributed by atoms with van der Waals surface area (Å²) in [5.74, 6) is 0.0735. The Morgan fingerprint density at radius 1 is 1.33 bits per heavy atom. The summed E-state index contributed by atoms with van der Waals surface area (Å²) in [5.41, 5.74) is -0.0646. The predicted octanol–water partition coefficient (Wildman–Crippen LogP) is 3.55. The molecule has 1 fully saturated rings. The first kappa shape index (κ1) is 16.6. The van der Waals surface area contributed by atoms with Crippen molar-refractivity contribution in [1.82, 2.24) is 4.90 Å². The van der Waals surface area contributed by atoms with Crippen LogP contribution in [0.3, 0.4) is 0 Å². The second-order valence-electron chi connectivity index (χ2n) is 5.88. The van der Waals surface area contributed by atoms with Gasteiger partial charge < -0.3 is 14.4 Å². The Labute approximate surface area is 136 Å². The molecule has 2 heterocycles. The molecule has 24 heavy (non-hydrogen) atoms. The lowest BCUT2D eigenvalue weighted by Crippen LogP contribution is -2.32. The average Bonchev–Trinajstić information content (AvgIpc) is 3.12. The van der Waals surface area contributed by atoms with Gasteiger partial charge in [0.25, 0.3) is 5.91 Å². The molecule has 0 aliphatic carbocycles. The van der Waals surface area contributed by atoms with E-state index in [0.29, 0.717) is 16.9 Å². The van der Waals surface area contributed by atoms with Crippen LogP contribution in [0.25, 0.3) is 0 Å². The van der Waals surface area contributed by atoms with Crippen molar-refractivity contribution >= 4 is 5.91 Å². The Hall–Kier alpha value is -2.28. The molecule has 1 aliphatic rings. The maximum atomic E-state index is 12.9. The van der Waals surface area contributed by atoms with E-state index < -0.39 is 23.9 Å². The van der Waals surface area contributed by atoms with E-state index >= 15 is 0 Å². The predicted molar refractivity (Wildman–Crippen MR) is 79.3 cm³/mol. The standard InChI is InChI=1S/C17H16F3NO3/c1-10-14(5-6-24-10)16(23)21-9-13(22)8-15(21)11-3-2-4-12(7-11)17(18,19)20/h2-7,13,15,22H,8-9H2,1H3/t13-,15+/m1/s1. The van der Waals surface area contributed by atoms with Crippen molar-refractivity contribution in [1.29, 1.82) is 0 Å². The SMILES string of the molecule is Cc1occc1C(=O)N1C[C@H](O)C[C@H]1c1cccc(C(F)(F)F)c1. The third-order valence-electron chi connectivity index (χ3n) is 4.23. The summed E-state index contributed by atoms with van der Waals surface area (Å²) in [4.78, 5) is 14.1. The number of halogens is 3. The molecule has 7 heteroatoms. The molecule has 1 aliphatic heterocycles. The molecule has 0 unspecified atom stereocenters. The summed E-state index contributed by atoms with van der Waals surface area (Å²) in [7, 11) is 0. The number of aryl methyl sites for hydroxylation is 1. The highest BCUT2D eigenvalue weighted by molar-refractivity contribution is 5.95. The van der Waals surface area contributed by atoms with Crippen LogP contribution in [0, 0.1) is 6.92 Å². The maximum absolute atomic E-state index is 12.9. The second-order valence-corrected chi connectivity index (χ2v) is 5.88. The van der Waals surface area contributed by atoms with Gasteiger partial charge >= 0.3 is 6.18 Å². The van der Waals surface area contributed by atoms with Crippen LogP contribution >= 0.6 is 0 Å². The Bertz CT molecular complexity index is 754. The first-order valence-electron chi connectivity index (χ1n) is 7.47. The summed E-state index contributed by atoms with van der Waals surface area (Å²) >= 11 is 0. The van der Waals surface area contributed by atoms with Gasteiger partial charge in [-0.1, -0.05) is 12.1 Å². The number of aliphatic hydroxyl groups is 1. The molecule has 1 saturated heterocycles. The average molecular weight is 339 g/mol. The Balaban J connectivity index is 1.94. The van der Waals surface area contributed by atoms with Gasteiger partial charge in [0.1, 0.15) is 5.76 Å². The fourth-order valence-electron chi connectivity index (χ4n) is 3.04. The molecule has 2 atom stereocenters. The molecule has 0 radical (unpaired) electrons. The Morgan fingerprint density at radius 2 is 2.08 bits per heavy atom. The summed E-state index contributed by atoms with van der Waals surface area (Å²) < 4.78 is 43.9. The number of hydrogen-bond acceptors (Lipinski definition) is 3. The number of aliphatic hydroxyl groups excluding tert-OH is 1. The molecule has 2 aromatic rings. The first-order chi connectivity index (χ1) is 11.3. The third-order valence-corrected chi connectivity index (χ3v) is 4.23. The van der Waals surface area contributed by atoms with Gasteiger partial charge in [-0.2, -0.15) is 13.2 Å². The fourth-order valence-corrected chi connectivity index (χ4v) is 3.04. The number of nitrogens with zero attached hydrogens (tertiary/aromatic N) is 1. The van der Waals surface area contributed by atoms with Crippen molar-refractivity contribution < 1.29 is 27.5 Å². The summed E-state index contributed by atoms with van der Waals surface area (Å²) in [5, 5.41) is 9.94. The minimum atomic E-state index is -4.46. The number of furan rings is 1. The topological polar surface area (TPSA) is 53.7 Å². The van der Waals surface area contributed by atoms with E-state index in [1.165, 1.54) is 23.3 Å². The molecule has 0 saturated carbocycles. The number of carbonyl (C=O) groups excluding carboxylic acids is 1. The van der Waals surface area contributed by atoms with Crippen molar-refractivity contribution in [3.63, 3.8) is 0 Å². The van der Waals surface area contributed by atoms with Gasteiger partial charge in [0.2, 0.25) is 0 Å². The minimum absolute atomic E-state index is 0.0738. The van der Waals surface area contributed by atoms with E-state index in [2.05, 4.69) is 0 Å². The van der Waals surface area contributed by atoms with E-state index in [0.717, 1.165) is 12.1 Å². The monoisotopic (exact) mass is 339 g/mol. The van der Waals surface area contributed by atoms with Gasteiger partial charge in [-0.3, -0.25) is 4.79 Å². The molecular weight excluding hydrogens is 323 g/mol.